The Morgan fingerprint density at radius 3 is 2.34 bits per heavy atom. The molecular formula is C17H10N4O6S2. The lowest BCUT2D eigenvalue weighted by atomic mass is 10.2. The van der Waals surface area contributed by atoms with Crippen molar-refractivity contribution in [2.75, 3.05) is 0 Å². The number of thioether (sulfide) groups is 1. The van der Waals surface area contributed by atoms with E-state index in [2.05, 4.69) is 5.43 Å². The number of nitrogens with one attached hydrogen (secondary N) is 1. The summed E-state index contributed by atoms with van der Waals surface area (Å²) in [5, 5.41) is 22.6. The minimum atomic E-state index is -0.749. The highest BCUT2D eigenvalue weighted by molar-refractivity contribution is 8.26. The van der Waals surface area contributed by atoms with Crippen molar-refractivity contribution in [2.45, 2.75) is 0 Å². The predicted octanol–water partition coefficient (Wildman–Crippen LogP) is 3.05. The second-order valence-electron chi connectivity index (χ2n) is 5.62. The second kappa shape index (κ2) is 8.16. The molecule has 1 fully saturated rings. The number of carbonyl (C=O) groups is 2. The van der Waals surface area contributed by atoms with Gasteiger partial charge in [-0.05, 0) is 29.9 Å². The Morgan fingerprint density at radius 1 is 1.07 bits per heavy atom. The molecule has 1 N–H and O–H groups in total. The summed E-state index contributed by atoms with van der Waals surface area (Å²) < 4.78 is 0.0467. The normalized spacial score (nSPS) is 14.9. The third kappa shape index (κ3) is 4.44. The van der Waals surface area contributed by atoms with Crippen molar-refractivity contribution in [3.63, 3.8) is 0 Å². The molecule has 0 aliphatic carbocycles. The zero-order valence-electron chi connectivity index (χ0n) is 14.3. The van der Waals surface area contributed by atoms with Crippen molar-refractivity contribution in [3.05, 3.63) is 84.8 Å². The summed E-state index contributed by atoms with van der Waals surface area (Å²) in [5.41, 5.74) is 2.32. The van der Waals surface area contributed by atoms with Crippen LogP contribution in [0.15, 0.2) is 53.4 Å². The summed E-state index contributed by atoms with van der Waals surface area (Å²) >= 11 is 6.02. The van der Waals surface area contributed by atoms with Crippen LogP contribution in [-0.2, 0) is 4.79 Å². The van der Waals surface area contributed by atoms with Crippen LogP contribution in [0.25, 0.3) is 6.08 Å². The molecule has 1 aliphatic rings. The van der Waals surface area contributed by atoms with E-state index in [0.717, 1.165) is 22.8 Å². The Kier molecular flexibility index (Phi) is 5.66. The molecule has 0 bridgehead atoms. The minimum absolute atomic E-state index is 0.0177. The highest BCUT2D eigenvalue weighted by Gasteiger charge is 2.34. The number of hydrogen-bond donors (Lipinski definition) is 1. The van der Waals surface area contributed by atoms with Gasteiger partial charge in [0.2, 0.25) is 0 Å². The van der Waals surface area contributed by atoms with Crippen LogP contribution in [-0.4, -0.2) is 31.0 Å². The van der Waals surface area contributed by atoms with E-state index in [1.54, 1.807) is 6.07 Å². The number of nitro groups is 2. The fourth-order valence-electron chi connectivity index (χ4n) is 2.37. The van der Waals surface area contributed by atoms with Crippen LogP contribution in [0.1, 0.15) is 15.9 Å². The van der Waals surface area contributed by atoms with Crippen molar-refractivity contribution >= 4 is 57.6 Å². The van der Waals surface area contributed by atoms with E-state index < -0.39 is 21.7 Å². The molecule has 2 aromatic rings. The van der Waals surface area contributed by atoms with Crippen LogP contribution in [0, 0.1) is 20.2 Å². The number of nitro benzene ring substituents is 2. The van der Waals surface area contributed by atoms with Crippen LogP contribution in [0.2, 0.25) is 0 Å². The maximum atomic E-state index is 12.6. The molecule has 0 spiro atoms. The molecule has 2 aromatic carbocycles. The smallest absolute Gasteiger partial charge is 0.267 e. The minimum Gasteiger partial charge on any atom is -0.267 e. The molecule has 3 rings (SSSR count). The van der Waals surface area contributed by atoms with Crippen LogP contribution >= 0.6 is 24.0 Å². The number of thiocarbonyl (C=S) groups is 1. The molecule has 0 unspecified atom stereocenters. The fraction of sp³-hybridized carbons (Fsp3) is 0. The topological polar surface area (TPSA) is 136 Å². The quantitative estimate of drug-likeness (QED) is 0.331. The highest BCUT2D eigenvalue weighted by Crippen LogP contribution is 2.32. The molecule has 1 aliphatic heterocycles. The van der Waals surface area contributed by atoms with E-state index in [9.17, 15) is 29.8 Å². The van der Waals surface area contributed by atoms with Gasteiger partial charge in [0, 0.05) is 29.8 Å². The van der Waals surface area contributed by atoms with Gasteiger partial charge >= 0.3 is 0 Å². The van der Waals surface area contributed by atoms with Gasteiger partial charge in [0.25, 0.3) is 23.2 Å². The summed E-state index contributed by atoms with van der Waals surface area (Å²) in [6, 6.07) is 10.7. The maximum Gasteiger partial charge on any atom is 0.285 e. The lowest BCUT2D eigenvalue weighted by Crippen LogP contribution is -2.44. The third-order valence-corrected chi connectivity index (χ3v) is 5.01. The first kappa shape index (κ1) is 20.1. The van der Waals surface area contributed by atoms with Crippen LogP contribution in [0.4, 0.5) is 11.4 Å². The number of hydrogen-bond acceptors (Lipinski definition) is 8. The van der Waals surface area contributed by atoms with Crippen LogP contribution < -0.4 is 5.43 Å². The largest absolute Gasteiger partial charge is 0.285 e. The highest BCUT2D eigenvalue weighted by atomic mass is 32.2. The number of benzene rings is 2. The van der Waals surface area contributed by atoms with E-state index in [0.29, 0.717) is 5.56 Å². The molecule has 0 radical (unpaired) electrons. The number of hydrazine groups is 1. The van der Waals surface area contributed by atoms with Crippen molar-refractivity contribution in [1.82, 2.24) is 10.4 Å². The molecule has 10 nitrogen and oxygen atoms in total. The zero-order valence-corrected chi connectivity index (χ0v) is 15.9. The molecule has 0 saturated carbocycles. The van der Waals surface area contributed by atoms with Crippen LogP contribution in [0.3, 0.4) is 0 Å². The van der Waals surface area contributed by atoms with Gasteiger partial charge in [-0.2, -0.15) is 5.01 Å². The van der Waals surface area contributed by atoms with Gasteiger partial charge in [0.1, 0.15) is 0 Å². The zero-order chi connectivity index (χ0) is 21.1. The summed E-state index contributed by atoms with van der Waals surface area (Å²) in [7, 11) is 0. The van der Waals surface area contributed by atoms with Crippen molar-refractivity contribution in [2.24, 2.45) is 0 Å². The average Bonchev–Trinajstić information content (AvgIpc) is 2.95. The SMILES string of the molecule is O=C(NN1C(=O)/C(=C\c2cccc([N+](=O)[O-])c2)SC1=S)c1cccc([N+](=O)[O-])c1. The molecule has 29 heavy (non-hydrogen) atoms. The van der Waals surface area contributed by atoms with E-state index in [4.69, 9.17) is 12.2 Å². The predicted molar refractivity (Wildman–Crippen MR) is 109 cm³/mol. The first-order valence-corrected chi connectivity index (χ1v) is 9.06. The van der Waals surface area contributed by atoms with E-state index in [1.807, 2.05) is 0 Å². The number of carbonyl (C=O) groups excluding carboxylic acids is 2. The molecule has 12 heteroatoms. The number of rotatable bonds is 5. The van der Waals surface area contributed by atoms with Gasteiger partial charge in [0.15, 0.2) is 4.32 Å². The molecule has 0 atom stereocenters. The lowest BCUT2D eigenvalue weighted by Gasteiger charge is -2.15. The maximum absolute atomic E-state index is 12.6. The standard InChI is InChI=1S/C17H10N4O6S2/c22-15(11-4-2-6-13(9-11)21(26)27)18-19-16(23)14(29-17(19)28)8-10-3-1-5-12(7-10)20(24)25/h1-9H,(H,18,22)/b14-8+. The van der Waals surface area contributed by atoms with Gasteiger partial charge < -0.3 is 0 Å². The van der Waals surface area contributed by atoms with E-state index >= 15 is 0 Å². The number of nitrogens with zero attached hydrogens (tertiary/aromatic N) is 3. The number of amides is 2. The Bertz CT molecular complexity index is 1100. The molecule has 1 heterocycles. The van der Waals surface area contributed by atoms with Crippen molar-refractivity contribution in [3.8, 4) is 0 Å². The monoisotopic (exact) mass is 430 g/mol. The Morgan fingerprint density at radius 2 is 1.69 bits per heavy atom. The van der Waals surface area contributed by atoms with Gasteiger partial charge in [-0.15, -0.1) is 0 Å². The summed E-state index contributed by atoms with van der Waals surface area (Å²) in [5.74, 6) is -1.37. The summed E-state index contributed by atoms with van der Waals surface area (Å²) in [4.78, 5) is 45.6. The molecular weight excluding hydrogens is 420 g/mol. The van der Waals surface area contributed by atoms with E-state index in [1.165, 1.54) is 42.5 Å². The van der Waals surface area contributed by atoms with Crippen LogP contribution in [0.5, 0.6) is 0 Å². The number of non-ortho nitro benzene ring substituents is 2. The first-order chi connectivity index (χ1) is 13.8. The molecule has 2 amide bonds. The summed E-state index contributed by atoms with van der Waals surface area (Å²) in [6.07, 6.45) is 1.42. The third-order valence-electron chi connectivity index (χ3n) is 3.71. The van der Waals surface area contributed by atoms with Gasteiger partial charge in [0.05, 0.1) is 14.8 Å². The van der Waals surface area contributed by atoms with E-state index in [-0.39, 0.29) is 26.2 Å². The molecule has 0 aromatic heterocycles. The average molecular weight is 430 g/mol. The second-order valence-corrected chi connectivity index (χ2v) is 7.29. The summed E-state index contributed by atoms with van der Waals surface area (Å²) in [6.45, 7) is 0. The Hall–Kier alpha value is -3.64. The molecule has 1 saturated heterocycles. The molecule has 146 valence electrons. The first-order valence-electron chi connectivity index (χ1n) is 7.84. The Labute approximate surface area is 172 Å². The Balaban J connectivity index is 1.79. The van der Waals surface area contributed by atoms with Gasteiger partial charge in [-0.3, -0.25) is 35.2 Å². The van der Waals surface area contributed by atoms with Crippen molar-refractivity contribution < 1.29 is 19.4 Å². The lowest BCUT2D eigenvalue weighted by molar-refractivity contribution is -0.385. The van der Waals surface area contributed by atoms with Crippen molar-refractivity contribution in [1.29, 1.82) is 0 Å². The van der Waals surface area contributed by atoms with Gasteiger partial charge in [-0.1, -0.05) is 30.0 Å². The van der Waals surface area contributed by atoms with Gasteiger partial charge in [-0.25, -0.2) is 0 Å². The fourth-order valence-corrected chi connectivity index (χ4v) is 3.55.